The minimum atomic E-state index is -0.595. The van der Waals surface area contributed by atoms with Crippen molar-refractivity contribution in [1.82, 2.24) is 30.0 Å². The third kappa shape index (κ3) is 3.43. The summed E-state index contributed by atoms with van der Waals surface area (Å²) in [6, 6.07) is 13.1. The molecule has 0 saturated heterocycles. The Bertz CT molecular complexity index is 1240. The van der Waals surface area contributed by atoms with E-state index in [0.29, 0.717) is 22.7 Å². The van der Waals surface area contributed by atoms with E-state index in [1.54, 1.807) is 48.5 Å². The van der Waals surface area contributed by atoms with Gasteiger partial charge < -0.3 is 15.1 Å². The Morgan fingerprint density at radius 2 is 1.89 bits per heavy atom. The monoisotopic (exact) mass is 396 g/mol. The Morgan fingerprint density at radius 3 is 2.57 bits per heavy atom. The maximum absolute atomic E-state index is 12.4. The number of hydrogen-bond acceptors (Lipinski definition) is 7. The SMILES string of the molecule is O=C(Nc1ccc(-n2ncoc2=O)cc1)Nc1ccccc1-n1[nH]nnc1=S. The molecule has 0 aliphatic carbocycles. The van der Waals surface area contributed by atoms with Gasteiger partial charge >= 0.3 is 11.8 Å². The molecule has 4 rings (SSSR count). The molecule has 2 amide bonds. The summed E-state index contributed by atoms with van der Waals surface area (Å²) in [5.41, 5.74) is 2.13. The zero-order valence-corrected chi connectivity index (χ0v) is 14.9. The van der Waals surface area contributed by atoms with E-state index in [-0.39, 0.29) is 4.77 Å². The molecule has 0 fully saturated rings. The van der Waals surface area contributed by atoms with Crippen molar-refractivity contribution < 1.29 is 9.21 Å². The summed E-state index contributed by atoms with van der Waals surface area (Å²) >= 11 is 5.09. The molecule has 2 aromatic heterocycles. The highest BCUT2D eigenvalue weighted by molar-refractivity contribution is 7.71. The van der Waals surface area contributed by atoms with Gasteiger partial charge in [0.25, 0.3) is 0 Å². The minimum absolute atomic E-state index is 0.230. The molecule has 0 unspecified atom stereocenters. The summed E-state index contributed by atoms with van der Waals surface area (Å²) in [5.74, 6) is -0.595. The molecule has 2 heterocycles. The first-order valence-corrected chi connectivity index (χ1v) is 8.33. The van der Waals surface area contributed by atoms with Crippen LogP contribution in [0.1, 0.15) is 0 Å². The van der Waals surface area contributed by atoms with Crippen LogP contribution in [-0.2, 0) is 0 Å². The predicted octanol–water partition coefficient (Wildman–Crippen LogP) is 2.11. The number of anilines is 2. The zero-order valence-electron chi connectivity index (χ0n) is 14.1. The van der Waals surface area contributed by atoms with Crippen molar-refractivity contribution in [1.29, 1.82) is 0 Å². The van der Waals surface area contributed by atoms with E-state index in [1.165, 1.54) is 4.68 Å². The lowest BCUT2D eigenvalue weighted by atomic mass is 10.2. The van der Waals surface area contributed by atoms with Crippen LogP contribution in [0.15, 0.2) is 64.1 Å². The number of H-pyrrole nitrogens is 1. The molecule has 0 aliphatic rings. The third-order valence-electron chi connectivity index (χ3n) is 3.72. The van der Waals surface area contributed by atoms with Crippen molar-refractivity contribution >= 4 is 29.6 Å². The van der Waals surface area contributed by atoms with Crippen LogP contribution in [0.2, 0.25) is 0 Å². The van der Waals surface area contributed by atoms with Gasteiger partial charge in [0, 0.05) is 5.69 Å². The summed E-state index contributed by atoms with van der Waals surface area (Å²) in [7, 11) is 0. The van der Waals surface area contributed by atoms with Crippen molar-refractivity contribution in [2.24, 2.45) is 0 Å². The summed E-state index contributed by atoms with van der Waals surface area (Å²) in [6.07, 6.45) is 1.06. The quantitative estimate of drug-likeness (QED) is 0.450. The van der Waals surface area contributed by atoms with Crippen LogP contribution in [0.4, 0.5) is 16.2 Å². The molecule has 12 heteroatoms. The molecular formula is C16H12N8O3S. The largest absolute Gasteiger partial charge is 0.441 e. The predicted molar refractivity (Wildman–Crippen MR) is 101 cm³/mol. The molecular weight excluding hydrogens is 384 g/mol. The van der Waals surface area contributed by atoms with Gasteiger partial charge in [0.1, 0.15) is 0 Å². The number of nitrogens with one attached hydrogen (secondary N) is 3. The average Bonchev–Trinajstić information content (AvgIpc) is 3.31. The molecule has 3 N–H and O–H groups in total. The third-order valence-corrected chi connectivity index (χ3v) is 3.99. The smallest absolute Gasteiger partial charge is 0.395 e. The summed E-state index contributed by atoms with van der Waals surface area (Å²) < 4.78 is 7.42. The van der Waals surface area contributed by atoms with E-state index in [9.17, 15) is 9.59 Å². The van der Waals surface area contributed by atoms with Gasteiger partial charge in [-0.1, -0.05) is 22.4 Å². The summed E-state index contributed by atoms with van der Waals surface area (Å²) in [4.78, 5) is 23.8. The lowest BCUT2D eigenvalue weighted by molar-refractivity contribution is 0.262. The highest BCUT2D eigenvalue weighted by atomic mass is 32.1. The van der Waals surface area contributed by atoms with Gasteiger partial charge in [-0.15, -0.1) is 5.10 Å². The summed E-state index contributed by atoms with van der Waals surface area (Å²) in [6.45, 7) is 0. The number of tetrazole rings is 1. The minimum Gasteiger partial charge on any atom is -0.395 e. The lowest BCUT2D eigenvalue weighted by Gasteiger charge is -2.12. The van der Waals surface area contributed by atoms with E-state index < -0.39 is 11.8 Å². The van der Waals surface area contributed by atoms with Crippen molar-refractivity contribution in [3.8, 4) is 11.4 Å². The number of carbonyl (C=O) groups excluding carboxylic acids is 1. The highest BCUT2D eigenvalue weighted by Crippen LogP contribution is 2.19. The first kappa shape index (κ1) is 17.4. The van der Waals surface area contributed by atoms with E-state index >= 15 is 0 Å². The van der Waals surface area contributed by atoms with Crippen molar-refractivity contribution in [2.75, 3.05) is 10.6 Å². The van der Waals surface area contributed by atoms with Gasteiger partial charge in [-0.3, -0.25) is 0 Å². The first-order valence-electron chi connectivity index (χ1n) is 7.92. The second-order valence-corrected chi connectivity index (χ2v) is 5.84. The Hall–Kier alpha value is -4.06. The van der Waals surface area contributed by atoms with Crippen LogP contribution in [0.25, 0.3) is 11.4 Å². The zero-order chi connectivity index (χ0) is 19.5. The molecule has 2 aromatic carbocycles. The number of nitrogens with zero attached hydrogens (tertiary/aromatic N) is 5. The van der Waals surface area contributed by atoms with Crippen LogP contribution in [0.5, 0.6) is 0 Å². The topological polar surface area (TPSA) is 136 Å². The van der Waals surface area contributed by atoms with E-state index in [1.807, 2.05) is 0 Å². The number of benzene rings is 2. The second kappa shape index (κ2) is 7.28. The Morgan fingerprint density at radius 1 is 1.11 bits per heavy atom. The van der Waals surface area contributed by atoms with Gasteiger partial charge in [-0.05, 0) is 48.6 Å². The molecule has 4 aromatic rings. The van der Waals surface area contributed by atoms with Crippen molar-refractivity contribution in [2.45, 2.75) is 0 Å². The van der Waals surface area contributed by atoms with Crippen LogP contribution < -0.4 is 16.4 Å². The standard InChI is InChI=1S/C16H12N8O3S/c25-14(18-10-5-7-11(8-6-10)23-16(26)27-9-17-23)19-12-3-1-2-4-13(12)24-15(28)20-21-22-24/h1-9H,(H2,18,19,25)(H,20,22,28). The number of aromatic amines is 1. The Labute approximate surface area is 161 Å². The highest BCUT2D eigenvalue weighted by Gasteiger charge is 2.10. The summed E-state index contributed by atoms with van der Waals surface area (Å²) in [5, 5.41) is 19.3. The molecule has 0 aliphatic heterocycles. The first-order chi connectivity index (χ1) is 13.6. The second-order valence-electron chi connectivity index (χ2n) is 5.48. The maximum Gasteiger partial charge on any atom is 0.441 e. The number of para-hydroxylation sites is 2. The molecule has 0 spiro atoms. The molecule has 0 atom stereocenters. The Kier molecular flexibility index (Phi) is 4.51. The van der Waals surface area contributed by atoms with Crippen LogP contribution in [0, 0.1) is 4.77 Å². The molecule has 28 heavy (non-hydrogen) atoms. The van der Waals surface area contributed by atoms with Crippen LogP contribution in [-0.4, -0.2) is 36.0 Å². The van der Waals surface area contributed by atoms with Gasteiger partial charge in [0.15, 0.2) is 0 Å². The number of carbonyl (C=O) groups is 1. The molecule has 11 nitrogen and oxygen atoms in total. The number of hydrogen-bond donors (Lipinski definition) is 3. The van der Waals surface area contributed by atoms with Gasteiger partial charge in [-0.2, -0.15) is 9.90 Å². The van der Waals surface area contributed by atoms with Gasteiger partial charge in [0.05, 0.1) is 17.1 Å². The Balaban J connectivity index is 1.50. The van der Waals surface area contributed by atoms with E-state index in [0.717, 1.165) is 11.1 Å². The van der Waals surface area contributed by atoms with Gasteiger partial charge in [0.2, 0.25) is 11.2 Å². The number of urea groups is 1. The fraction of sp³-hybridized carbons (Fsp3) is 0. The van der Waals surface area contributed by atoms with Crippen molar-refractivity contribution in [3.63, 3.8) is 0 Å². The molecule has 140 valence electrons. The van der Waals surface area contributed by atoms with E-state index in [4.69, 9.17) is 12.2 Å². The molecule has 0 bridgehead atoms. The van der Waals surface area contributed by atoms with Gasteiger partial charge in [-0.25, -0.2) is 14.3 Å². The fourth-order valence-electron chi connectivity index (χ4n) is 2.48. The van der Waals surface area contributed by atoms with Crippen LogP contribution >= 0.6 is 12.2 Å². The average molecular weight is 396 g/mol. The number of aromatic nitrogens is 6. The van der Waals surface area contributed by atoms with Crippen LogP contribution in [0.3, 0.4) is 0 Å². The number of amides is 2. The lowest BCUT2D eigenvalue weighted by Crippen LogP contribution is -2.20. The maximum atomic E-state index is 12.4. The molecule has 0 radical (unpaired) electrons. The normalized spacial score (nSPS) is 10.6. The van der Waals surface area contributed by atoms with E-state index in [2.05, 4.69) is 35.7 Å². The number of rotatable bonds is 4. The molecule has 0 saturated carbocycles. The van der Waals surface area contributed by atoms with Crippen molar-refractivity contribution in [3.05, 3.63) is 70.2 Å². The fourth-order valence-corrected chi connectivity index (χ4v) is 2.66.